The van der Waals surface area contributed by atoms with Gasteiger partial charge in [-0.3, -0.25) is 0 Å². The van der Waals surface area contributed by atoms with Gasteiger partial charge >= 0.3 is 0 Å². The molecule has 0 aromatic carbocycles. The lowest BCUT2D eigenvalue weighted by molar-refractivity contribution is 0.00991. The Kier molecular flexibility index (Phi) is 5.17. The van der Waals surface area contributed by atoms with Gasteiger partial charge in [0, 0.05) is 0 Å². The van der Waals surface area contributed by atoms with E-state index in [0.29, 0.717) is 12.0 Å². The van der Waals surface area contributed by atoms with Gasteiger partial charge in [0.2, 0.25) is 0 Å². The van der Waals surface area contributed by atoms with Crippen molar-refractivity contribution in [2.24, 2.45) is 17.8 Å². The minimum absolute atomic E-state index is 0.402. The zero-order valence-electron chi connectivity index (χ0n) is 10.3. The van der Waals surface area contributed by atoms with Crippen molar-refractivity contribution >= 4 is 15.9 Å². The Morgan fingerprint density at radius 1 is 1.40 bits per heavy atom. The van der Waals surface area contributed by atoms with E-state index in [9.17, 15) is 0 Å². The summed E-state index contributed by atoms with van der Waals surface area (Å²) in [5, 5.41) is 0. The Hall–Kier alpha value is 0.0200. The van der Waals surface area contributed by atoms with Crippen molar-refractivity contribution in [2.45, 2.75) is 53.1 Å². The summed E-state index contributed by atoms with van der Waals surface area (Å²) in [7, 11) is 0. The molecule has 1 aliphatic rings. The van der Waals surface area contributed by atoms with Crippen LogP contribution in [0.5, 0.6) is 0 Å². The van der Waals surface area contributed by atoms with Crippen LogP contribution in [0.3, 0.4) is 0 Å². The molecule has 0 aromatic heterocycles. The highest BCUT2D eigenvalue weighted by atomic mass is 79.9. The number of allylic oxidation sites excluding steroid dienone is 1. The minimum Gasteiger partial charge on any atom is -0.484 e. The molecule has 0 heterocycles. The summed E-state index contributed by atoms with van der Waals surface area (Å²) in [6, 6.07) is 0. The van der Waals surface area contributed by atoms with Crippen molar-refractivity contribution in [3.05, 3.63) is 10.7 Å². The molecule has 1 fully saturated rings. The molecule has 0 saturated heterocycles. The third-order valence-corrected chi connectivity index (χ3v) is 4.10. The molecule has 15 heavy (non-hydrogen) atoms. The van der Waals surface area contributed by atoms with Gasteiger partial charge in [-0.15, -0.1) is 0 Å². The Balaban J connectivity index is 2.62. The average molecular weight is 275 g/mol. The third-order valence-electron chi connectivity index (χ3n) is 3.45. The maximum Gasteiger partial charge on any atom is 0.158 e. The second-order valence-corrected chi connectivity index (χ2v) is 5.86. The first kappa shape index (κ1) is 13.1. The molecule has 1 saturated carbocycles. The van der Waals surface area contributed by atoms with Crippen LogP contribution in [0.2, 0.25) is 0 Å². The van der Waals surface area contributed by atoms with Gasteiger partial charge in [0.15, 0.2) is 4.67 Å². The predicted molar refractivity (Wildman–Crippen MR) is 68.9 cm³/mol. The van der Waals surface area contributed by atoms with E-state index in [-0.39, 0.29) is 0 Å². The van der Waals surface area contributed by atoms with Crippen LogP contribution in [-0.2, 0) is 4.74 Å². The van der Waals surface area contributed by atoms with Crippen LogP contribution >= 0.6 is 15.9 Å². The summed E-state index contributed by atoms with van der Waals surface area (Å²) in [6.45, 7) is 8.94. The summed E-state index contributed by atoms with van der Waals surface area (Å²) < 4.78 is 6.86. The molecule has 0 N–H and O–H groups in total. The van der Waals surface area contributed by atoms with Gasteiger partial charge in [-0.2, -0.15) is 0 Å². The van der Waals surface area contributed by atoms with Crippen LogP contribution in [0.25, 0.3) is 0 Å². The quantitative estimate of drug-likeness (QED) is 0.677. The summed E-state index contributed by atoms with van der Waals surface area (Å²) >= 11 is 3.45. The van der Waals surface area contributed by atoms with E-state index in [4.69, 9.17) is 4.74 Å². The van der Waals surface area contributed by atoms with Crippen LogP contribution < -0.4 is 0 Å². The van der Waals surface area contributed by atoms with Gasteiger partial charge in [-0.25, -0.2) is 0 Å². The van der Waals surface area contributed by atoms with Crippen LogP contribution in [0.1, 0.15) is 47.0 Å². The molecule has 0 spiro atoms. The molecule has 1 rings (SSSR count). The summed E-state index contributed by atoms with van der Waals surface area (Å²) in [6.07, 6.45) is 6.26. The molecular weight excluding hydrogens is 252 g/mol. The fourth-order valence-corrected chi connectivity index (χ4v) is 2.70. The fourth-order valence-electron chi connectivity index (χ4n) is 2.46. The average Bonchev–Trinajstić information content (AvgIpc) is 2.17. The predicted octanol–water partition coefficient (Wildman–Crippen LogP) is 4.72. The number of halogens is 1. The van der Waals surface area contributed by atoms with E-state index in [1.807, 2.05) is 13.0 Å². The Bertz CT molecular complexity index is 223. The molecule has 0 radical (unpaired) electrons. The molecule has 3 atom stereocenters. The largest absolute Gasteiger partial charge is 0.484 e. The lowest BCUT2D eigenvalue weighted by atomic mass is 9.75. The Morgan fingerprint density at radius 2 is 2.07 bits per heavy atom. The zero-order chi connectivity index (χ0) is 11.4. The SMILES string of the molecule is C/C=C(/Br)O[C@@H]1C[C@H](C)CC[C@H]1C(C)C. The van der Waals surface area contributed by atoms with Gasteiger partial charge in [-0.05, 0) is 59.5 Å². The number of hydrogen-bond donors (Lipinski definition) is 0. The summed E-state index contributed by atoms with van der Waals surface area (Å²) in [5.74, 6) is 2.25. The summed E-state index contributed by atoms with van der Waals surface area (Å²) in [5.41, 5.74) is 0. The standard InChI is InChI=1S/C13H23BrO/c1-5-13(14)15-12-8-10(4)6-7-11(12)9(2)3/h5,9-12H,6-8H2,1-4H3/b13-5-/t10-,11+,12-/m1/s1. The molecule has 1 aliphatic carbocycles. The molecule has 0 aromatic rings. The molecule has 0 bridgehead atoms. The first-order valence-corrected chi connectivity index (χ1v) is 6.82. The molecule has 0 aliphatic heterocycles. The molecule has 88 valence electrons. The topological polar surface area (TPSA) is 9.23 Å². The lowest BCUT2D eigenvalue weighted by Crippen LogP contribution is -2.33. The highest BCUT2D eigenvalue weighted by Gasteiger charge is 2.32. The molecule has 0 amide bonds. The third kappa shape index (κ3) is 3.82. The first-order chi connectivity index (χ1) is 7.04. The number of hydrogen-bond acceptors (Lipinski definition) is 1. The van der Waals surface area contributed by atoms with Crippen LogP contribution in [0.15, 0.2) is 10.7 Å². The van der Waals surface area contributed by atoms with E-state index < -0.39 is 0 Å². The van der Waals surface area contributed by atoms with Crippen molar-refractivity contribution in [3.63, 3.8) is 0 Å². The molecule has 0 unspecified atom stereocenters. The van der Waals surface area contributed by atoms with E-state index in [2.05, 4.69) is 36.7 Å². The van der Waals surface area contributed by atoms with Crippen molar-refractivity contribution in [2.75, 3.05) is 0 Å². The summed E-state index contributed by atoms with van der Waals surface area (Å²) in [4.78, 5) is 0. The Labute approximate surface area is 102 Å². The van der Waals surface area contributed by atoms with Crippen LogP contribution in [0, 0.1) is 17.8 Å². The van der Waals surface area contributed by atoms with E-state index in [0.717, 1.165) is 16.5 Å². The number of ether oxygens (including phenoxy) is 1. The highest BCUT2D eigenvalue weighted by Crippen LogP contribution is 2.36. The number of rotatable bonds is 3. The second-order valence-electron chi connectivity index (χ2n) is 5.08. The minimum atomic E-state index is 0.402. The smallest absolute Gasteiger partial charge is 0.158 e. The van der Waals surface area contributed by atoms with Gasteiger partial charge in [-0.1, -0.05) is 27.2 Å². The maximum absolute atomic E-state index is 5.96. The second kappa shape index (κ2) is 5.93. The zero-order valence-corrected chi connectivity index (χ0v) is 11.9. The highest BCUT2D eigenvalue weighted by molar-refractivity contribution is 9.11. The van der Waals surface area contributed by atoms with Gasteiger partial charge in [0.1, 0.15) is 6.10 Å². The fraction of sp³-hybridized carbons (Fsp3) is 0.846. The molecular formula is C13H23BrO. The normalized spacial score (nSPS) is 33.2. The Morgan fingerprint density at radius 3 is 2.60 bits per heavy atom. The van der Waals surface area contributed by atoms with Gasteiger partial charge in [0.05, 0.1) is 0 Å². The van der Waals surface area contributed by atoms with Crippen LogP contribution in [-0.4, -0.2) is 6.10 Å². The van der Waals surface area contributed by atoms with Crippen molar-refractivity contribution in [3.8, 4) is 0 Å². The van der Waals surface area contributed by atoms with Gasteiger partial charge < -0.3 is 4.74 Å². The van der Waals surface area contributed by atoms with Gasteiger partial charge in [0.25, 0.3) is 0 Å². The lowest BCUT2D eigenvalue weighted by Gasteiger charge is -2.37. The molecule has 1 nitrogen and oxygen atoms in total. The molecule has 2 heteroatoms. The maximum atomic E-state index is 5.96. The van der Waals surface area contributed by atoms with Crippen molar-refractivity contribution in [1.82, 2.24) is 0 Å². The first-order valence-electron chi connectivity index (χ1n) is 6.03. The van der Waals surface area contributed by atoms with E-state index in [1.165, 1.54) is 19.3 Å². The van der Waals surface area contributed by atoms with Crippen molar-refractivity contribution < 1.29 is 4.74 Å². The van der Waals surface area contributed by atoms with E-state index in [1.54, 1.807) is 0 Å². The monoisotopic (exact) mass is 274 g/mol. The van der Waals surface area contributed by atoms with Crippen LogP contribution in [0.4, 0.5) is 0 Å². The van der Waals surface area contributed by atoms with Crippen molar-refractivity contribution in [1.29, 1.82) is 0 Å². The van der Waals surface area contributed by atoms with E-state index >= 15 is 0 Å².